The highest BCUT2D eigenvalue weighted by Crippen LogP contribution is 2.50. The largest absolute Gasteiger partial charge is 0.495 e. The summed E-state index contributed by atoms with van der Waals surface area (Å²) in [6.45, 7) is 2.75. The van der Waals surface area contributed by atoms with Gasteiger partial charge in [0.1, 0.15) is 11.6 Å². The predicted molar refractivity (Wildman–Crippen MR) is 115 cm³/mol. The van der Waals surface area contributed by atoms with Crippen molar-refractivity contribution in [2.45, 2.75) is 18.3 Å². The first kappa shape index (κ1) is 19.6. The van der Waals surface area contributed by atoms with Crippen molar-refractivity contribution in [3.05, 3.63) is 66.1 Å². The van der Waals surface area contributed by atoms with Crippen molar-refractivity contribution in [2.75, 3.05) is 38.2 Å². The number of hydrogen-bond acceptors (Lipinski definition) is 5. The van der Waals surface area contributed by atoms with Gasteiger partial charge in [-0.1, -0.05) is 29.4 Å². The Bertz CT molecular complexity index is 1100. The molecule has 2 heterocycles. The molecule has 0 unspecified atom stereocenters. The number of ether oxygens (including phenoxy) is 1. The molecule has 6 nitrogen and oxygen atoms in total. The van der Waals surface area contributed by atoms with Gasteiger partial charge in [0.15, 0.2) is 5.76 Å². The van der Waals surface area contributed by atoms with Crippen LogP contribution in [0.1, 0.15) is 18.5 Å². The molecule has 5 rings (SSSR count). The average molecular weight is 421 g/mol. The maximum absolute atomic E-state index is 14.1. The lowest BCUT2D eigenvalue weighted by molar-refractivity contribution is -0.134. The summed E-state index contributed by atoms with van der Waals surface area (Å²) in [4.78, 5) is 17.5. The molecule has 1 aliphatic carbocycles. The summed E-state index contributed by atoms with van der Waals surface area (Å²) in [5, 5.41) is 4.15. The number of hydrogen-bond donors (Lipinski definition) is 0. The van der Waals surface area contributed by atoms with E-state index in [1.807, 2.05) is 29.2 Å². The monoisotopic (exact) mass is 421 g/mol. The summed E-state index contributed by atoms with van der Waals surface area (Å²) >= 11 is 0. The highest BCUT2D eigenvalue weighted by molar-refractivity contribution is 5.91. The Balaban J connectivity index is 1.30. The molecule has 1 aliphatic heterocycles. The fourth-order valence-corrected chi connectivity index (χ4v) is 4.34. The second-order valence-electron chi connectivity index (χ2n) is 8.09. The summed E-state index contributed by atoms with van der Waals surface area (Å²) in [6.07, 6.45) is 1.48. The first-order chi connectivity index (χ1) is 15.1. The zero-order valence-corrected chi connectivity index (χ0v) is 17.4. The fourth-order valence-electron chi connectivity index (χ4n) is 4.34. The van der Waals surface area contributed by atoms with Crippen LogP contribution in [0.2, 0.25) is 0 Å². The Kier molecular flexibility index (Phi) is 4.88. The molecular formula is C24H24FN3O3. The minimum atomic E-state index is -0.639. The summed E-state index contributed by atoms with van der Waals surface area (Å²) in [7, 11) is 1.67. The molecule has 3 aromatic rings. The van der Waals surface area contributed by atoms with E-state index in [2.05, 4.69) is 10.1 Å². The summed E-state index contributed by atoms with van der Waals surface area (Å²) in [5.74, 6) is 0.909. The van der Waals surface area contributed by atoms with Gasteiger partial charge in [0.2, 0.25) is 5.91 Å². The molecule has 31 heavy (non-hydrogen) atoms. The second kappa shape index (κ2) is 7.72. The van der Waals surface area contributed by atoms with Crippen LogP contribution < -0.4 is 9.64 Å². The number of amides is 1. The molecule has 2 aromatic carbocycles. The lowest BCUT2D eigenvalue weighted by atomic mass is 9.99. The summed E-state index contributed by atoms with van der Waals surface area (Å²) in [6, 6.07) is 16.1. The number of methoxy groups -OCH3 is 1. The molecule has 160 valence electrons. The van der Waals surface area contributed by atoms with Gasteiger partial charge >= 0.3 is 0 Å². The Morgan fingerprint density at radius 3 is 2.48 bits per heavy atom. The maximum Gasteiger partial charge on any atom is 0.235 e. The van der Waals surface area contributed by atoms with Crippen LogP contribution in [0.3, 0.4) is 0 Å². The number of halogens is 1. The highest BCUT2D eigenvalue weighted by Gasteiger charge is 2.55. The Morgan fingerprint density at radius 1 is 1.06 bits per heavy atom. The lowest BCUT2D eigenvalue weighted by Crippen LogP contribution is -2.51. The van der Waals surface area contributed by atoms with Gasteiger partial charge in [-0.2, -0.15) is 0 Å². The van der Waals surface area contributed by atoms with Crippen LogP contribution in [-0.2, 0) is 10.2 Å². The number of para-hydroxylation sites is 2. The van der Waals surface area contributed by atoms with E-state index in [1.165, 1.54) is 6.07 Å². The third-order valence-corrected chi connectivity index (χ3v) is 6.29. The quantitative estimate of drug-likeness (QED) is 0.626. The molecule has 1 aromatic heterocycles. The van der Waals surface area contributed by atoms with Gasteiger partial charge in [-0.25, -0.2) is 4.39 Å². The van der Waals surface area contributed by atoms with Gasteiger partial charge in [0.05, 0.1) is 29.5 Å². The summed E-state index contributed by atoms with van der Waals surface area (Å²) < 4.78 is 25.0. The van der Waals surface area contributed by atoms with Crippen molar-refractivity contribution in [3.8, 4) is 17.1 Å². The van der Waals surface area contributed by atoms with E-state index in [1.54, 1.807) is 31.4 Å². The number of carbonyl (C=O) groups excluding carboxylic acids is 1. The average Bonchev–Trinajstić information content (AvgIpc) is 3.48. The second-order valence-corrected chi connectivity index (χ2v) is 8.09. The highest BCUT2D eigenvalue weighted by atomic mass is 19.1. The molecule has 0 spiro atoms. The SMILES string of the molecule is COc1ccccc1N1CCN(C(=O)C2(c3cc(-c4ccccc4F)on3)CC2)CC1. The maximum atomic E-state index is 14.1. The van der Waals surface area contributed by atoms with Crippen LogP contribution in [0.5, 0.6) is 5.75 Å². The number of anilines is 1. The van der Waals surface area contributed by atoms with Crippen LogP contribution in [0.15, 0.2) is 59.1 Å². The lowest BCUT2D eigenvalue weighted by Gasteiger charge is -2.37. The Morgan fingerprint density at radius 2 is 1.77 bits per heavy atom. The van der Waals surface area contributed by atoms with E-state index in [-0.39, 0.29) is 11.7 Å². The van der Waals surface area contributed by atoms with Crippen LogP contribution in [0.25, 0.3) is 11.3 Å². The smallest absolute Gasteiger partial charge is 0.235 e. The molecule has 0 N–H and O–H groups in total. The van der Waals surface area contributed by atoms with Crippen molar-refractivity contribution in [3.63, 3.8) is 0 Å². The van der Waals surface area contributed by atoms with E-state index in [9.17, 15) is 9.18 Å². The minimum absolute atomic E-state index is 0.0839. The molecule has 1 amide bonds. The molecule has 0 bridgehead atoms. The number of carbonyl (C=O) groups is 1. The van der Waals surface area contributed by atoms with E-state index >= 15 is 0 Å². The van der Waals surface area contributed by atoms with Gasteiger partial charge in [-0.05, 0) is 37.1 Å². The third kappa shape index (κ3) is 3.44. The van der Waals surface area contributed by atoms with Gasteiger partial charge in [0.25, 0.3) is 0 Å². The van der Waals surface area contributed by atoms with E-state index < -0.39 is 5.41 Å². The number of rotatable bonds is 5. The normalized spacial score (nSPS) is 17.5. The molecule has 2 fully saturated rings. The van der Waals surface area contributed by atoms with Gasteiger partial charge in [-0.3, -0.25) is 4.79 Å². The van der Waals surface area contributed by atoms with E-state index in [4.69, 9.17) is 9.26 Å². The zero-order valence-electron chi connectivity index (χ0n) is 17.4. The number of benzene rings is 2. The number of nitrogens with zero attached hydrogens (tertiary/aromatic N) is 3. The molecule has 0 radical (unpaired) electrons. The molecule has 1 saturated heterocycles. The van der Waals surface area contributed by atoms with E-state index in [0.717, 1.165) is 37.4 Å². The van der Waals surface area contributed by atoms with Gasteiger partial charge < -0.3 is 19.1 Å². The summed E-state index contributed by atoms with van der Waals surface area (Å²) in [5.41, 5.74) is 1.36. The van der Waals surface area contributed by atoms with Crippen molar-refractivity contribution in [1.29, 1.82) is 0 Å². The van der Waals surface area contributed by atoms with E-state index in [0.29, 0.717) is 30.1 Å². The van der Waals surface area contributed by atoms with Crippen LogP contribution >= 0.6 is 0 Å². The van der Waals surface area contributed by atoms with Gasteiger partial charge in [0, 0.05) is 32.2 Å². The van der Waals surface area contributed by atoms with Crippen molar-refractivity contribution >= 4 is 11.6 Å². The third-order valence-electron chi connectivity index (χ3n) is 6.29. The van der Waals surface area contributed by atoms with Crippen LogP contribution in [0.4, 0.5) is 10.1 Å². The first-order valence-electron chi connectivity index (χ1n) is 10.5. The van der Waals surface area contributed by atoms with Crippen LogP contribution in [0, 0.1) is 5.82 Å². The predicted octanol–water partition coefficient (Wildman–Crippen LogP) is 3.87. The molecule has 0 atom stereocenters. The van der Waals surface area contributed by atoms with Crippen molar-refractivity contribution < 1.29 is 18.4 Å². The minimum Gasteiger partial charge on any atom is -0.495 e. The molecule has 7 heteroatoms. The zero-order chi connectivity index (χ0) is 21.4. The first-order valence-corrected chi connectivity index (χ1v) is 10.5. The topological polar surface area (TPSA) is 58.8 Å². The standard InChI is InChI=1S/C24H24FN3O3/c1-30-20-9-5-4-8-19(20)27-12-14-28(15-13-27)23(29)24(10-11-24)22-16-21(31-26-22)17-6-2-3-7-18(17)25/h2-9,16H,10-15H2,1H3. The Labute approximate surface area is 180 Å². The van der Waals surface area contributed by atoms with Crippen LogP contribution in [-0.4, -0.2) is 49.3 Å². The Hall–Kier alpha value is -3.35. The van der Waals surface area contributed by atoms with Crippen molar-refractivity contribution in [2.24, 2.45) is 0 Å². The number of piperazine rings is 1. The molecule has 2 aliphatic rings. The fraction of sp³-hybridized carbons (Fsp3) is 0.333. The number of aromatic nitrogens is 1. The van der Waals surface area contributed by atoms with Gasteiger partial charge in [-0.15, -0.1) is 0 Å². The van der Waals surface area contributed by atoms with Crippen molar-refractivity contribution in [1.82, 2.24) is 10.1 Å². The molecule has 1 saturated carbocycles. The molecular weight excluding hydrogens is 397 g/mol.